The molecule has 2 atom stereocenters. The number of hydrogen-bond acceptors (Lipinski definition) is 5. The van der Waals surface area contributed by atoms with Gasteiger partial charge in [0.05, 0.1) is 12.5 Å². The molecule has 4 rings (SSSR count). The normalized spacial score (nSPS) is 20.3. The summed E-state index contributed by atoms with van der Waals surface area (Å²) in [4.78, 5) is 13.8. The fraction of sp³-hybridized carbons (Fsp3) is 0.429. The first kappa shape index (κ1) is 18.5. The standard InChI is InChI=1S/C21H24ClN3OS/c1-12-9-13(2)11-25(10-12)19-18-17(15-5-7-16(26-4)8-6-15)14(3)27-20(18)24-21(22)23-19/h5-8,12-13H,9-11H2,1-4H3. The van der Waals surface area contributed by atoms with Crippen molar-refractivity contribution in [3.05, 3.63) is 34.4 Å². The van der Waals surface area contributed by atoms with Gasteiger partial charge in [0.15, 0.2) is 0 Å². The van der Waals surface area contributed by atoms with Crippen LogP contribution in [0.2, 0.25) is 5.28 Å². The third-order valence-corrected chi connectivity index (χ3v) is 6.40. The van der Waals surface area contributed by atoms with Crippen LogP contribution in [0.1, 0.15) is 25.1 Å². The molecule has 0 spiro atoms. The number of ether oxygens (including phenoxy) is 1. The molecule has 0 bridgehead atoms. The summed E-state index contributed by atoms with van der Waals surface area (Å²) in [5.74, 6) is 3.11. The van der Waals surface area contributed by atoms with E-state index >= 15 is 0 Å². The second-order valence-electron chi connectivity index (χ2n) is 7.61. The number of nitrogens with zero attached hydrogens (tertiary/aromatic N) is 3. The van der Waals surface area contributed by atoms with Crippen molar-refractivity contribution in [1.29, 1.82) is 0 Å². The molecule has 142 valence electrons. The van der Waals surface area contributed by atoms with E-state index in [1.165, 1.54) is 16.9 Å². The highest BCUT2D eigenvalue weighted by Gasteiger charge is 2.27. The maximum atomic E-state index is 6.30. The Morgan fingerprint density at radius 2 is 1.78 bits per heavy atom. The van der Waals surface area contributed by atoms with Gasteiger partial charge in [-0.1, -0.05) is 26.0 Å². The average Bonchev–Trinajstić information content (AvgIpc) is 2.95. The molecule has 1 fully saturated rings. The fourth-order valence-electron chi connectivity index (χ4n) is 4.24. The van der Waals surface area contributed by atoms with Gasteiger partial charge in [-0.25, -0.2) is 4.98 Å². The van der Waals surface area contributed by atoms with Crippen LogP contribution in [0.15, 0.2) is 24.3 Å². The molecule has 1 aromatic carbocycles. The molecule has 27 heavy (non-hydrogen) atoms. The van der Waals surface area contributed by atoms with Gasteiger partial charge < -0.3 is 9.64 Å². The second-order valence-corrected chi connectivity index (χ2v) is 9.15. The first-order chi connectivity index (χ1) is 13.0. The number of benzene rings is 1. The van der Waals surface area contributed by atoms with Crippen molar-refractivity contribution in [1.82, 2.24) is 9.97 Å². The second kappa shape index (κ2) is 7.28. The summed E-state index contributed by atoms with van der Waals surface area (Å²) in [5, 5.41) is 1.44. The summed E-state index contributed by atoms with van der Waals surface area (Å²) in [6, 6.07) is 8.21. The lowest BCUT2D eigenvalue weighted by atomic mass is 9.91. The molecule has 6 heteroatoms. The third kappa shape index (κ3) is 3.50. The van der Waals surface area contributed by atoms with E-state index in [4.69, 9.17) is 16.3 Å². The number of aryl methyl sites for hydroxylation is 1. The number of piperidine rings is 1. The van der Waals surface area contributed by atoms with Crippen LogP contribution in [-0.4, -0.2) is 30.2 Å². The Labute approximate surface area is 169 Å². The molecule has 0 saturated carbocycles. The molecule has 1 aliphatic heterocycles. The largest absolute Gasteiger partial charge is 0.497 e. The number of fused-ring (bicyclic) bond motifs is 1. The molecule has 3 heterocycles. The number of halogens is 1. The monoisotopic (exact) mass is 401 g/mol. The molecule has 1 saturated heterocycles. The highest BCUT2D eigenvalue weighted by Crippen LogP contribution is 2.43. The van der Waals surface area contributed by atoms with Gasteiger partial charge >= 0.3 is 0 Å². The van der Waals surface area contributed by atoms with Crippen LogP contribution in [0.25, 0.3) is 21.3 Å². The van der Waals surface area contributed by atoms with Crippen LogP contribution in [0, 0.1) is 18.8 Å². The van der Waals surface area contributed by atoms with Crippen molar-refractivity contribution in [2.45, 2.75) is 27.2 Å². The van der Waals surface area contributed by atoms with Gasteiger partial charge in [-0.3, -0.25) is 0 Å². The Morgan fingerprint density at radius 1 is 1.11 bits per heavy atom. The van der Waals surface area contributed by atoms with Crippen LogP contribution in [0.5, 0.6) is 5.75 Å². The van der Waals surface area contributed by atoms with Crippen LogP contribution in [0.3, 0.4) is 0 Å². The van der Waals surface area contributed by atoms with Crippen LogP contribution < -0.4 is 9.64 Å². The summed E-state index contributed by atoms with van der Waals surface area (Å²) < 4.78 is 5.31. The lowest BCUT2D eigenvalue weighted by Gasteiger charge is -2.36. The molecular weight excluding hydrogens is 378 g/mol. The molecule has 0 amide bonds. The minimum Gasteiger partial charge on any atom is -0.497 e. The predicted molar refractivity (Wildman–Crippen MR) is 114 cm³/mol. The molecule has 0 N–H and O–H groups in total. The fourth-order valence-corrected chi connectivity index (χ4v) is 5.49. The van der Waals surface area contributed by atoms with Crippen molar-refractivity contribution in [2.24, 2.45) is 11.8 Å². The number of anilines is 1. The van der Waals surface area contributed by atoms with E-state index in [1.807, 2.05) is 12.1 Å². The van der Waals surface area contributed by atoms with E-state index in [0.29, 0.717) is 17.1 Å². The summed E-state index contributed by atoms with van der Waals surface area (Å²) in [5.41, 5.74) is 2.36. The number of rotatable bonds is 3. The van der Waals surface area contributed by atoms with Gasteiger partial charge in [-0.05, 0) is 54.5 Å². The maximum absolute atomic E-state index is 6.30. The van der Waals surface area contributed by atoms with E-state index in [0.717, 1.165) is 40.4 Å². The van der Waals surface area contributed by atoms with Gasteiger partial charge in [0, 0.05) is 23.5 Å². The Morgan fingerprint density at radius 3 is 2.41 bits per heavy atom. The van der Waals surface area contributed by atoms with Crippen molar-refractivity contribution < 1.29 is 4.74 Å². The molecule has 1 aliphatic rings. The topological polar surface area (TPSA) is 38.3 Å². The molecular formula is C21H24ClN3OS. The highest BCUT2D eigenvalue weighted by molar-refractivity contribution is 7.19. The molecule has 2 aromatic heterocycles. The third-order valence-electron chi connectivity index (χ3n) is 5.23. The Hall–Kier alpha value is -1.85. The van der Waals surface area contributed by atoms with E-state index in [1.54, 1.807) is 18.4 Å². The Bertz CT molecular complexity index is 960. The van der Waals surface area contributed by atoms with E-state index < -0.39 is 0 Å². The van der Waals surface area contributed by atoms with Gasteiger partial charge in [-0.15, -0.1) is 11.3 Å². The number of aromatic nitrogens is 2. The molecule has 0 radical (unpaired) electrons. The summed E-state index contributed by atoms with van der Waals surface area (Å²) in [6.07, 6.45) is 1.26. The van der Waals surface area contributed by atoms with E-state index in [-0.39, 0.29) is 0 Å². The molecule has 0 aliphatic carbocycles. The quantitative estimate of drug-likeness (QED) is 0.519. The van der Waals surface area contributed by atoms with Gasteiger partial charge in [0.2, 0.25) is 5.28 Å². The molecule has 4 nitrogen and oxygen atoms in total. The first-order valence-electron chi connectivity index (χ1n) is 9.32. The summed E-state index contributed by atoms with van der Waals surface area (Å²) >= 11 is 7.99. The van der Waals surface area contributed by atoms with Crippen molar-refractivity contribution in [3.63, 3.8) is 0 Å². The molecule has 2 unspecified atom stereocenters. The lowest BCUT2D eigenvalue weighted by molar-refractivity contribution is 0.356. The predicted octanol–water partition coefficient (Wildman–Crippen LogP) is 5.81. The van der Waals surface area contributed by atoms with Crippen molar-refractivity contribution >= 4 is 39.0 Å². The van der Waals surface area contributed by atoms with Gasteiger partial charge in [0.1, 0.15) is 16.4 Å². The SMILES string of the molecule is COc1ccc(-c2c(C)sc3nc(Cl)nc(N4CC(C)CC(C)C4)c23)cc1. The zero-order valence-corrected chi connectivity index (χ0v) is 17.7. The minimum atomic E-state index is 0.325. The maximum Gasteiger partial charge on any atom is 0.225 e. The lowest BCUT2D eigenvalue weighted by Crippen LogP contribution is -2.39. The van der Waals surface area contributed by atoms with Gasteiger partial charge in [0.25, 0.3) is 0 Å². The number of hydrogen-bond donors (Lipinski definition) is 0. The smallest absolute Gasteiger partial charge is 0.225 e. The van der Waals surface area contributed by atoms with Crippen molar-refractivity contribution in [3.8, 4) is 16.9 Å². The summed E-state index contributed by atoms with van der Waals surface area (Å²) in [6.45, 7) is 8.77. The van der Waals surface area contributed by atoms with Crippen molar-refractivity contribution in [2.75, 3.05) is 25.1 Å². The zero-order valence-electron chi connectivity index (χ0n) is 16.1. The molecule has 3 aromatic rings. The Kier molecular flexibility index (Phi) is 4.99. The number of thiophene rings is 1. The van der Waals surface area contributed by atoms with Crippen LogP contribution in [-0.2, 0) is 0 Å². The van der Waals surface area contributed by atoms with Crippen LogP contribution >= 0.6 is 22.9 Å². The van der Waals surface area contributed by atoms with Crippen LogP contribution in [0.4, 0.5) is 5.82 Å². The van der Waals surface area contributed by atoms with Gasteiger partial charge in [-0.2, -0.15) is 4.98 Å². The average molecular weight is 402 g/mol. The Balaban J connectivity index is 1.90. The summed E-state index contributed by atoms with van der Waals surface area (Å²) in [7, 11) is 1.69. The zero-order chi connectivity index (χ0) is 19.1. The minimum absolute atomic E-state index is 0.325. The highest BCUT2D eigenvalue weighted by atomic mass is 35.5. The van der Waals surface area contributed by atoms with E-state index in [2.05, 4.69) is 47.8 Å². The number of methoxy groups -OCH3 is 1. The van der Waals surface area contributed by atoms with E-state index in [9.17, 15) is 0 Å². The first-order valence-corrected chi connectivity index (χ1v) is 10.5.